The molecule has 22 heavy (non-hydrogen) atoms. The SMILES string of the molecule is CCC(C)C(NC(=O)CSc1ccc([N+](=O)[O-])cc1)C(=O)O. The fourth-order valence-electron chi connectivity index (χ4n) is 1.71. The molecule has 0 aliphatic rings. The highest BCUT2D eigenvalue weighted by molar-refractivity contribution is 8.00. The Morgan fingerprint density at radius 3 is 2.41 bits per heavy atom. The van der Waals surface area contributed by atoms with Crippen LogP contribution < -0.4 is 5.32 Å². The molecule has 1 aromatic carbocycles. The molecule has 0 bridgehead atoms. The Morgan fingerprint density at radius 2 is 1.95 bits per heavy atom. The number of non-ortho nitro benzene ring substituents is 1. The number of carbonyl (C=O) groups excluding carboxylic acids is 1. The van der Waals surface area contributed by atoms with Crippen LogP contribution in [0.2, 0.25) is 0 Å². The number of benzene rings is 1. The van der Waals surface area contributed by atoms with E-state index in [0.29, 0.717) is 11.3 Å². The topological polar surface area (TPSA) is 110 Å². The predicted octanol–water partition coefficient (Wildman–Crippen LogP) is 2.30. The van der Waals surface area contributed by atoms with E-state index in [1.54, 1.807) is 19.1 Å². The Hall–Kier alpha value is -2.09. The van der Waals surface area contributed by atoms with Gasteiger partial charge in [0.05, 0.1) is 10.7 Å². The molecular formula is C14H18N2O5S. The van der Waals surface area contributed by atoms with Gasteiger partial charge in [-0.3, -0.25) is 14.9 Å². The molecule has 0 spiro atoms. The highest BCUT2D eigenvalue weighted by atomic mass is 32.2. The number of carboxylic acids is 1. The van der Waals surface area contributed by atoms with Crippen molar-refractivity contribution in [3.8, 4) is 0 Å². The molecule has 120 valence electrons. The minimum Gasteiger partial charge on any atom is -0.480 e. The van der Waals surface area contributed by atoms with Crippen molar-refractivity contribution in [3.63, 3.8) is 0 Å². The average molecular weight is 326 g/mol. The van der Waals surface area contributed by atoms with E-state index < -0.39 is 16.9 Å². The van der Waals surface area contributed by atoms with Crippen LogP contribution in [0.25, 0.3) is 0 Å². The van der Waals surface area contributed by atoms with Gasteiger partial charge in [0.2, 0.25) is 5.91 Å². The van der Waals surface area contributed by atoms with Crippen LogP contribution in [0.15, 0.2) is 29.2 Å². The van der Waals surface area contributed by atoms with Crippen LogP contribution in [0, 0.1) is 16.0 Å². The van der Waals surface area contributed by atoms with Crippen LogP contribution in [0.4, 0.5) is 5.69 Å². The molecule has 1 rings (SSSR count). The average Bonchev–Trinajstić information content (AvgIpc) is 2.49. The Labute approximate surface area is 132 Å². The van der Waals surface area contributed by atoms with Crippen molar-refractivity contribution in [1.82, 2.24) is 5.32 Å². The first-order valence-corrected chi connectivity index (χ1v) is 7.73. The van der Waals surface area contributed by atoms with Gasteiger partial charge in [0.25, 0.3) is 5.69 Å². The molecule has 8 heteroatoms. The summed E-state index contributed by atoms with van der Waals surface area (Å²) in [4.78, 5) is 33.7. The molecule has 7 nitrogen and oxygen atoms in total. The molecule has 0 heterocycles. The number of rotatable bonds is 8. The number of nitrogens with one attached hydrogen (secondary N) is 1. The van der Waals surface area contributed by atoms with Crippen molar-refractivity contribution in [2.45, 2.75) is 31.2 Å². The highest BCUT2D eigenvalue weighted by Crippen LogP contribution is 2.21. The Morgan fingerprint density at radius 1 is 1.36 bits per heavy atom. The molecule has 2 N–H and O–H groups in total. The maximum atomic E-state index is 11.8. The lowest BCUT2D eigenvalue weighted by molar-refractivity contribution is -0.384. The monoisotopic (exact) mass is 326 g/mol. The lowest BCUT2D eigenvalue weighted by Gasteiger charge is -2.19. The molecule has 0 fully saturated rings. The quantitative estimate of drug-likeness (QED) is 0.431. The van der Waals surface area contributed by atoms with Crippen LogP contribution in [0.3, 0.4) is 0 Å². The zero-order chi connectivity index (χ0) is 16.7. The number of carbonyl (C=O) groups is 2. The number of aliphatic carboxylic acids is 1. The van der Waals surface area contributed by atoms with E-state index in [9.17, 15) is 19.7 Å². The summed E-state index contributed by atoms with van der Waals surface area (Å²) < 4.78 is 0. The Kier molecular flexibility index (Phi) is 6.84. The second-order valence-electron chi connectivity index (χ2n) is 4.81. The highest BCUT2D eigenvalue weighted by Gasteiger charge is 2.25. The molecule has 2 atom stereocenters. The zero-order valence-electron chi connectivity index (χ0n) is 12.3. The first-order valence-electron chi connectivity index (χ1n) is 6.74. The molecule has 0 aromatic heterocycles. The van der Waals surface area contributed by atoms with E-state index in [-0.39, 0.29) is 23.3 Å². The number of nitro groups is 1. The molecule has 0 aliphatic carbocycles. The van der Waals surface area contributed by atoms with E-state index in [2.05, 4.69) is 5.32 Å². The van der Waals surface area contributed by atoms with Crippen molar-refractivity contribution in [1.29, 1.82) is 0 Å². The first kappa shape index (κ1) is 18.0. The second-order valence-corrected chi connectivity index (χ2v) is 5.86. The molecular weight excluding hydrogens is 308 g/mol. The minimum atomic E-state index is -1.05. The van der Waals surface area contributed by atoms with Crippen molar-refractivity contribution < 1.29 is 19.6 Å². The van der Waals surface area contributed by atoms with Crippen molar-refractivity contribution in [2.24, 2.45) is 5.92 Å². The third-order valence-corrected chi connectivity index (χ3v) is 4.23. The predicted molar refractivity (Wildman–Crippen MR) is 82.8 cm³/mol. The van der Waals surface area contributed by atoms with Crippen LogP contribution in [0.5, 0.6) is 0 Å². The minimum absolute atomic E-state index is 0.0171. The number of nitro benzene ring substituents is 1. The summed E-state index contributed by atoms with van der Waals surface area (Å²) in [5, 5.41) is 22.1. The van der Waals surface area contributed by atoms with Gasteiger partial charge in [-0.1, -0.05) is 20.3 Å². The fourth-order valence-corrected chi connectivity index (χ4v) is 2.42. The van der Waals surface area contributed by atoms with Gasteiger partial charge in [-0.2, -0.15) is 0 Å². The summed E-state index contributed by atoms with van der Waals surface area (Å²) in [5.41, 5.74) is -0.0171. The van der Waals surface area contributed by atoms with Gasteiger partial charge < -0.3 is 10.4 Å². The van der Waals surface area contributed by atoms with Crippen LogP contribution >= 0.6 is 11.8 Å². The van der Waals surface area contributed by atoms with Gasteiger partial charge in [0.15, 0.2) is 0 Å². The largest absolute Gasteiger partial charge is 0.480 e. The molecule has 0 aliphatic heterocycles. The van der Waals surface area contributed by atoms with Crippen LogP contribution in [0.1, 0.15) is 20.3 Å². The van der Waals surface area contributed by atoms with Crippen molar-refractivity contribution >= 4 is 29.3 Å². The number of amides is 1. The van der Waals surface area contributed by atoms with E-state index >= 15 is 0 Å². The molecule has 2 unspecified atom stereocenters. The molecule has 0 radical (unpaired) electrons. The maximum Gasteiger partial charge on any atom is 0.326 e. The van der Waals surface area contributed by atoms with Gasteiger partial charge in [0.1, 0.15) is 6.04 Å². The van der Waals surface area contributed by atoms with E-state index in [4.69, 9.17) is 5.11 Å². The summed E-state index contributed by atoms with van der Waals surface area (Å²) in [6.07, 6.45) is 0.646. The third kappa shape index (κ3) is 5.36. The third-order valence-electron chi connectivity index (χ3n) is 3.21. The van der Waals surface area contributed by atoms with E-state index in [0.717, 1.165) is 0 Å². The summed E-state index contributed by atoms with van der Waals surface area (Å²) in [5.74, 6) is -1.54. The summed E-state index contributed by atoms with van der Waals surface area (Å²) in [6, 6.07) is 4.92. The number of hydrogen-bond donors (Lipinski definition) is 2. The number of thioether (sulfide) groups is 1. The van der Waals surface area contributed by atoms with Gasteiger partial charge in [-0.15, -0.1) is 11.8 Å². The molecule has 1 aromatic rings. The Bertz CT molecular complexity index is 547. The lowest BCUT2D eigenvalue weighted by atomic mass is 9.99. The van der Waals surface area contributed by atoms with Gasteiger partial charge in [0, 0.05) is 17.0 Å². The van der Waals surface area contributed by atoms with Crippen LogP contribution in [-0.2, 0) is 9.59 Å². The summed E-state index contributed by atoms with van der Waals surface area (Å²) in [6.45, 7) is 3.63. The van der Waals surface area contributed by atoms with Gasteiger partial charge >= 0.3 is 5.97 Å². The van der Waals surface area contributed by atoms with Crippen molar-refractivity contribution in [2.75, 3.05) is 5.75 Å². The maximum absolute atomic E-state index is 11.8. The summed E-state index contributed by atoms with van der Waals surface area (Å²) in [7, 11) is 0. The Balaban J connectivity index is 2.54. The smallest absolute Gasteiger partial charge is 0.326 e. The second kappa shape index (κ2) is 8.38. The molecule has 0 saturated heterocycles. The van der Waals surface area contributed by atoms with Gasteiger partial charge in [-0.25, -0.2) is 4.79 Å². The standard InChI is InChI=1S/C14H18N2O5S/c1-3-9(2)13(14(18)19)15-12(17)8-22-11-6-4-10(5-7-11)16(20)21/h4-7,9,13H,3,8H2,1-2H3,(H,15,17)(H,18,19). The van der Waals surface area contributed by atoms with Gasteiger partial charge in [-0.05, 0) is 18.1 Å². The fraction of sp³-hybridized carbons (Fsp3) is 0.429. The van der Waals surface area contributed by atoms with E-state index in [1.165, 1.54) is 23.9 Å². The van der Waals surface area contributed by atoms with Crippen LogP contribution in [-0.4, -0.2) is 33.7 Å². The molecule has 0 saturated carbocycles. The molecule has 1 amide bonds. The van der Waals surface area contributed by atoms with E-state index in [1.807, 2.05) is 6.92 Å². The number of carboxylic acid groups (broad SMARTS) is 1. The normalized spacial score (nSPS) is 13.2. The van der Waals surface area contributed by atoms with Crippen molar-refractivity contribution in [3.05, 3.63) is 34.4 Å². The zero-order valence-corrected chi connectivity index (χ0v) is 13.1. The first-order chi connectivity index (χ1) is 10.3. The number of nitrogens with zero attached hydrogens (tertiary/aromatic N) is 1. The lowest BCUT2D eigenvalue weighted by Crippen LogP contribution is -2.45. The number of hydrogen-bond acceptors (Lipinski definition) is 5. The summed E-state index contributed by atoms with van der Waals surface area (Å²) >= 11 is 1.19.